The van der Waals surface area contributed by atoms with Gasteiger partial charge >= 0.3 is 5.97 Å². The van der Waals surface area contributed by atoms with Crippen LogP contribution in [0.4, 0.5) is 4.39 Å². The molecule has 1 N–H and O–H groups in total. The van der Waals surface area contributed by atoms with E-state index in [9.17, 15) is 9.18 Å². The first-order valence-electron chi connectivity index (χ1n) is 5.64. The van der Waals surface area contributed by atoms with E-state index >= 15 is 0 Å². The average molecular weight is 243 g/mol. The molecule has 4 heteroatoms. The Morgan fingerprint density at radius 2 is 2.06 bits per heavy atom. The zero-order chi connectivity index (χ0) is 12.7. The van der Waals surface area contributed by atoms with E-state index in [-0.39, 0.29) is 18.2 Å². The molecule has 1 atom stereocenters. The van der Waals surface area contributed by atoms with E-state index in [2.05, 4.69) is 4.98 Å². The first-order chi connectivity index (χ1) is 8.68. The lowest BCUT2D eigenvalue weighted by Gasteiger charge is -2.09. The molecule has 1 aliphatic carbocycles. The fourth-order valence-electron chi connectivity index (χ4n) is 2.55. The van der Waals surface area contributed by atoms with E-state index in [0.717, 1.165) is 5.56 Å². The summed E-state index contributed by atoms with van der Waals surface area (Å²) < 4.78 is 13.9. The summed E-state index contributed by atoms with van der Waals surface area (Å²) in [6.07, 6.45) is 1.55. The number of halogens is 1. The van der Waals surface area contributed by atoms with Crippen LogP contribution in [0.25, 0.3) is 11.3 Å². The first-order valence-corrected chi connectivity index (χ1v) is 5.64. The molecule has 1 aromatic carbocycles. The quantitative estimate of drug-likeness (QED) is 0.882. The number of carboxylic acids is 1. The lowest BCUT2D eigenvalue weighted by atomic mass is 9.94. The number of carboxylic acid groups (broad SMARTS) is 1. The molecule has 2 aromatic rings. The molecule has 0 aliphatic heterocycles. The summed E-state index contributed by atoms with van der Waals surface area (Å²) >= 11 is 0. The van der Waals surface area contributed by atoms with Gasteiger partial charge in [0.2, 0.25) is 0 Å². The Bertz CT molecular complexity index is 639. The van der Waals surface area contributed by atoms with Crippen molar-refractivity contribution in [2.24, 2.45) is 0 Å². The van der Waals surface area contributed by atoms with Crippen LogP contribution >= 0.6 is 0 Å². The Morgan fingerprint density at radius 3 is 2.83 bits per heavy atom. The van der Waals surface area contributed by atoms with Crippen molar-refractivity contribution in [3.8, 4) is 11.3 Å². The predicted octanol–water partition coefficient (Wildman–Crippen LogP) is 2.81. The number of nitrogens with zero attached hydrogens (tertiary/aromatic N) is 1. The molecule has 1 aliphatic rings. The van der Waals surface area contributed by atoms with Crippen molar-refractivity contribution in [1.29, 1.82) is 0 Å². The van der Waals surface area contributed by atoms with Crippen LogP contribution in [0.15, 0.2) is 36.5 Å². The standard InChI is InChI=1S/C14H10FNO2/c15-11-5-1-3-8-10(7-12(17)18)9-4-2-6-16-14(9)13(8)11/h1-6,10H,7H2,(H,17,18). The Labute approximate surface area is 103 Å². The maximum atomic E-state index is 13.9. The lowest BCUT2D eigenvalue weighted by molar-refractivity contribution is -0.137. The fraction of sp³-hybridized carbons (Fsp3) is 0.143. The maximum absolute atomic E-state index is 13.9. The van der Waals surface area contributed by atoms with Crippen LogP contribution in [-0.4, -0.2) is 16.1 Å². The van der Waals surface area contributed by atoms with Crippen molar-refractivity contribution < 1.29 is 14.3 Å². The number of aromatic nitrogens is 1. The third-order valence-electron chi connectivity index (χ3n) is 3.25. The molecule has 1 unspecified atom stereocenters. The molecule has 3 rings (SSSR count). The van der Waals surface area contributed by atoms with Gasteiger partial charge in [-0.25, -0.2) is 4.39 Å². The minimum absolute atomic E-state index is 0.0465. The van der Waals surface area contributed by atoms with Gasteiger partial charge in [-0.15, -0.1) is 0 Å². The van der Waals surface area contributed by atoms with Gasteiger partial charge in [0.15, 0.2) is 0 Å². The van der Waals surface area contributed by atoms with E-state index in [1.807, 2.05) is 6.07 Å². The van der Waals surface area contributed by atoms with Gasteiger partial charge in [-0.2, -0.15) is 0 Å². The van der Waals surface area contributed by atoms with Gasteiger partial charge in [0.1, 0.15) is 5.82 Å². The van der Waals surface area contributed by atoms with Crippen LogP contribution in [-0.2, 0) is 4.79 Å². The van der Waals surface area contributed by atoms with Gasteiger partial charge < -0.3 is 5.11 Å². The fourth-order valence-corrected chi connectivity index (χ4v) is 2.55. The lowest BCUT2D eigenvalue weighted by Crippen LogP contribution is -2.05. The summed E-state index contributed by atoms with van der Waals surface area (Å²) in [5.41, 5.74) is 2.52. The number of aliphatic carboxylic acids is 1. The minimum Gasteiger partial charge on any atom is -0.481 e. The van der Waals surface area contributed by atoms with Gasteiger partial charge in [0, 0.05) is 17.7 Å². The van der Waals surface area contributed by atoms with Gasteiger partial charge in [-0.1, -0.05) is 18.2 Å². The highest BCUT2D eigenvalue weighted by molar-refractivity contribution is 5.79. The van der Waals surface area contributed by atoms with E-state index in [1.165, 1.54) is 6.07 Å². The van der Waals surface area contributed by atoms with Crippen LogP contribution in [0.2, 0.25) is 0 Å². The smallest absolute Gasteiger partial charge is 0.304 e. The van der Waals surface area contributed by atoms with Crippen molar-refractivity contribution in [2.75, 3.05) is 0 Å². The zero-order valence-corrected chi connectivity index (χ0v) is 9.43. The third kappa shape index (κ3) is 1.49. The van der Waals surface area contributed by atoms with Gasteiger partial charge in [-0.3, -0.25) is 9.78 Å². The topological polar surface area (TPSA) is 50.2 Å². The Kier molecular flexibility index (Phi) is 2.37. The molecule has 0 saturated heterocycles. The third-order valence-corrected chi connectivity index (χ3v) is 3.25. The number of hydrogen-bond acceptors (Lipinski definition) is 2. The molecular formula is C14H10FNO2. The maximum Gasteiger partial charge on any atom is 0.304 e. The monoisotopic (exact) mass is 243 g/mol. The summed E-state index contributed by atoms with van der Waals surface area (Å²) in [6.45, 7) is 0. The second-order valence-electron chi connectivity index (χ2n) is 4.30. The van der Waals surface area contributed by atoms with Crippen LogP contribution < -0.4 is 0 Å². The van der Waals surface area contributed by atoms with E-state index in [4.69, 9.17) is 5.11 Å². The van der Waals surface area contributed by atoms with Crippen molar-refractivity contribution in [3.63, 3.8) is 0 Å². The molecule has 0 radical (unpaired) electrons. The van der Waals surface area contributed by atoms with Gasteiger partial charge in [0.25, 0.3) is 0 Å². The number of benzene rings is 1. The van der Waals surface area contributed by atoms with Crippen LogP contribution in [0, 0.1) is 5.82 Å². The molecule has 0 spiro atoms. The molecule has 1 heterocycles. The highest BCUT2D eigenvalue weighted by Gasteiger charge is 2.32. The van der Waals surface area contributed by atoms with Crippen molar-refractivity contribution in [3.05, 3.63) is 53.5 Å². The summed E-state index contributed by atoms with van der Waals surface area (Å²) in [5.74, 6) is -1.55. The minimum atomic E-state index is -0.896. The molecule has 18 heavy (non-hydrogen) atoms. The predicted molar refractivity (Wildman–Crippen MR) is 63.7 cm³/mol. The molecule has 0 bridgehead atoms. The average Bonchev–Trinajstić information content (AvgIpc) is 2.65. The van der Waals surface area contributed by atoms with Crippen molar-refractivity contribution >= 4 is 5.97 Å². The molecule has 3 nitrogen and oxygen atoms in total. The molecule has 1 aromatic heterocycles. The second kappa shape index (κ2) is 3.91. The molecule has 0 saturated carbocycles. The Morgan fingerprint density at radius 1 is 1.28 bits per heavy atom. The van der Waals surface area contributed by atoms with E-state index in [0.29, 0.717) is 16.8 Å². The summed E-state index contributed by atoms with van der Waals surface area (Å²) in [6, 6.07) is 8.32. The summed E-state index contributed by atoms with van der Waals surface area (Å²) in [7, 11) is 0. The molecule has 0 amide bonds. The van der Waals surface area contributed by atoms with E-state index in [1.54, 1.807) is 24.4 Å². The second-order valence-corrected chi connectivity index (χ2v) is 4.30. The Hall–Kier alpha value is -2.23. The highest BCUT2D eigenvalue weighted by Crippen LogP contribution is 2.46. The van der Waals surface area contributed by atoms with Crippen LogP contribution in [0.3, 0.4) is 0 Å². The number of pyridine rings is 1. The normalized spacial score (nSPS) is 16.2. The first kappa shape index (κ1) is 10.9. The summed E-state index contributed by atoms with van der Waals surface area (Å²) in [5, 5.41) is 8.98. The largest absolute Gasteiger partial charge is 0.481 e. The van der Waals surface area contributed by atoms with Gasteiger partial charge in [-0.05, 0) is 23.3 Å². The van der Waals surface area contributed by atoms with Crippen LogP contribution in [0.5, 0.6) is 0 Å². The molecule has 90 valence electrons. The van der Waals surface area contributed by atoms with Crippen molar-refractivity contribution in [2.45, 2.75) is 12.3 Å². The van der Waals surface area contributed by atoms with Gasteiger partial charge in [0.05, 0.1) is 12.1 Å². The molecular weight excluding hydrogens is 233 g/mol. The van der Waals surface area contributed by atoms with Crippen LogP contribution in [0.1, 0.15) is 23.5 Å². The zero-order valence-electron chi connectivity index (χ0n) is 9.43. The number of hydrogen-bond donors (Lipinski definition) is 1. The Balaban J connectivity index is 2.25. The highest BCUT2D eigenvalue weighted by atomic mass is 19.1. The number of rotatable bonds is 2. The number of fused-ring (bicyclic) bond motifs is 3. The van der Waals surface area contributed by atoms with E-state index < -0.39 is 5.97 Å². The SMILES string of the molecule is O=C(O)CC1c2cccnc2-c2c(F)cccc21. The number of carbonyl (C=O) groups is 1. The molecule has 0 fully saturated rings. The summed E-state index contributed by atoms with van der Waals surface area (Å²) in [4.78, 5) is 15.1. The van der Waals surface area contributed by atoms with Crippen molar-refractivity contribution in [1.82, 2.24) is 4.98 Å².